The lowest BCUT2D eigenvalue weighted by molar-refractivity contribution is 0.0160. The number of fused-ring (bicyclic) bond motifs is 2. The molecule has 3 rings (SSSR count). The van der Waals surface area contributed by atoms with Crippen LogP contribution in [-0.2, 0) is 4.74 Å². The third-order valence-corrected chi connectivity index (χ3v) is 4.78. The highest BCUT2D eigenvalue weighted by molar-refractivity contribution is 6.30. The van der Waals surface area contributed by atoms with Gasteiger partial charge in [-0.3, -0.25) is 0 Å². The molecule has 2 aliphatic rings. The molecule has 0 radical (unpaired) electrons. The van der Waals surface area contributed by atoms with Crippen molar-refractivity contribution < 1.29 is 4.74 Å². The Hall–Kier alpha value is -1.23. The van der Waals surface area contributed by atoms with Gasteiger partial charge in [0.1, 0.15) is 5.82 Å². The highest BCUT2D eigenvalue weighted by Crippen LogP contribution is 2.37. The van der Waals surface area contributed by atoms with Gasteiger partial charge in [0.25, 0.3) is 0 Å². The van der Waals surface area contributed by atoms with Crippen LogP contribution in [0.5, 0.6) is 0 Å². The van der Waals surface area contributed by atoms with Crippen molar-refractivity contribution in [2.45, 2.75) is 50.9 Å². The molecule has 2 heterocycles. The summed E-state index contributed by atoms with van der Waals surface area (Å²) in [5, 5.41) is 7.37. The first-order valence-corrected chi connectivity index (χ1v) is 8.45. The summed E-state index contributed by atoms with van der Waals surface area (Å²) in [6.45, 7) is 3.12. The number of benzene rings is 1. The van der Waals surface area contributed by atoms with E-state index in [2.05, 4.69) is 29.7 Å². The fraction of sp³-hybridized carbons (Fsp3) is 0.529. The molecular weight excluding hydrogens is 298 g/mol. The Balaban J connectivity index is 1.62. The SMILES string of the molecule is CCCC/C(Cl)=C(\N)Nc1ccc(C2OC3CNC2C3)cc1. The molecule has 0 amide bonds. The number of nitrogens with one attached hydrogen (secondary N) is 2. The lowest BCUT2D eigenvalue weighted by atomic mass is 10.0. The molecule has 0 aromatic heterocycles. The highest BCUT2D eigenvalue weighted by Gasteiger charge is 2.41. The Morgan fingerprint density at radius 2 is 2.18 bits per heavy atom. The summed E-state index contributed by atoms with van der Waals surface area (Å²) in [6.07, 6.45) is 4.65. The van der Waals surface area contributed by atoms with E-state index < -0.39 is 0 Å². The molecule has 2 saturated heterocycles. The van der Waals surface area contributed by atoms with Crippen molar-refractivity contribution in [1.82, 2.24) is 5.32 Å². The number of hydrogen-bond acceptors (Lipinski definition) is 4. The van der Waals surface area contributed by atoms with Crippen LogP contribution in [0.4, 0.5) is 5.69 Å². The Morgan fingerprint density at radius 3 is 2.77 bits per heavy atom. The maximum Gasteiger partial charge on any atom is 0.115 e. The summed E-state index contributed by atoms with van der Waals surface area (Å²) in [5.41, 5.74) is 8.17. The van der Waals surface area contributed by atoms with Gasteiger partial charge in [-0.1, -0.05) is 37.1 Å². The van der Waals surface area contributed by atoms with E-state index in [4.69, 9.17) is 22.1 Å². The lowest BCUT2D eigenvalue weighted by Gasteiger charge is -2.23. The molecule has 2 aliphatic heterocycles. The Labute approximate surface area is 137 Å². The largest absolute Gasteiger partial charge is 0.384 e. The zero-order chi connectivity index (χ0) is 15.5. The van der Waals surface area contributed by atoms with Gasteiger partial charge < -0.3 is 21.1 Å². The van der Waals surface area contributed by atoms with Crippen molar-refractivity contribution >= 4 is 17.3 Å². The van der Waals surface area contributed by atoms with Gasteiger partial charge in [-0.2, -0.15) is 0 Å². The zero-order valence-corrected chi connectivity index (χ0v) is 13.7. The second kappa shape index (κ2) is 6.90. The predicted octanol–water partition coefficient (Wildman–Crippen LogP) is 3.46. The summed E-state index contributed by atoms with van der Waals surface area (Å²) in [6, 6.07) is 8.71. The van der Waals surface area contributed by atoms with Crippen LogP contribution >= 0.6 is 11.6 Å². The third kappa shape index (κ3) is 3.40. The molecule has 2 fully saturated rings. The van der Waals surface area contributed by atoms with Crippen LogP contribution in [-0.4, -0.2) is 18.7 Å². The van der Waals surface area contributed by atoms with Gasteiger partial charge >= 0.3 is 0 Å². The van der Waals surface area contributed by atoms with Crippen molar-refractivity contribution in [1.29, 1.82) is 0 Å². The highest BCUT2D eigenvalue weighted by atomic mass is 35.5. The Bertz CT molecular complexity index is 543. The first kappa shape index (κ1) is 15.7. The van der Waals surface area contributed by atoms with Crippen LogP contribution in [0.25, 0.3) is 0 Å². The minimum absolute atomic E-state index is 0.175. The predicted molar refractivity (Wildman–Crippen MR) is 90.7 cm³/mol. The smallest absolute Gasteiger partial charge is 0.115 e. The molecule has 0 spiro atoms. The van der Waals surface area contributed by atoms with E-state index in [0.717, 1.165) is 37.9 Å². The number of allylic oxidation sites excluding steroid dienone is 1. The maximum absolute atomic E-state index is 6.20. The average Bonchev–Trinajstić information content (AvgIpc) is 3.16. The molecule has 1 aromatic carbocycles. The van der Waals surface area contributed by atoms with E-state index in [9.17, 15) is 0 Å². The topological polar surface area (TPSA) is 59.3 Å². The van der Waals surface area contributed by atoms with Crippen LogP contribution < -0.4 is 16.4 Å². The van der Waals surface area contributed by atoms with Crippen LogP contribution in [0, 0.1) is 0 Å². The molecule has 3 atom stereocenters. The molecule has 0 saturated carbocycles. The first-order valence-electron chi connectivity index (χ1n) is 8.07. The van der Waals surface area contributed by atoms with Gasteiger partial charge in [0, 0.05) is 18.3 Å². The fourth-order valence-corrected chi connectivity index (χ4v) is 3.31. The average molecular weight is 322 g/mol. The van der Waals surface area contributed by atoms with Crippen molar-refractivity contribution in [3.63, 3.8) is 0 Å². The minimum Gasteiger partial charge on any atom is -0.384 e. The summed E-state index contributed by atoms with van der Waals surface area (Å²) in [4.78, 5) is 0. The summed E-state index contributed by atoms with van der Waals surface area (Å²) < 4.78 is 6.01. The Morgan fingerprint density at radius 1 is 1.41 bits per heavy atom. The number of ether oxygens (including phenoxy) is 1. The zero-order valence-electron chi connectivity index (χ0n) is 12.9. The second-order valence-corrected chi connectivity index (χ2v) is 6.55. The van der Waals surface area contributed by atoms with E-state index in [0.29, 0.717) is 23.0 Å². The Kier molecular flexibility index (Phi) is 4.91. The van der Waals surface area contributed by atoms with Crippen LogP contribution in [0.1, 0.15) is 44.3 Å². The van der Waals surface area contributed by atoms with Gasteiger partial charge in [0.05, 0.1) is 17.2 Å². The third-order valence-electron chi connectivity index (χ3n) is 4.39. The molecule has 4 N–H and O–H groups in total. The van der Waals surface area contributed by atoms with Crippen molar-refractivity contribution in [2.24, 2.45) is 5.73 Å². The first-order chi connectivity index (χ1) is 10.7. The van der Waals surface area contributed by atoms with Crippen LogP contribution in [0.3, 0.4) is 0 Å². The molecule has 3 unspecified atom stereocenters. The quantitative estimate of drug-likeness (QED) is 0.751. The van der Waals surface area contributed by atoms with Crippen molar-refractivity contribution in [2.75, 3.05) is 11.9 Å². The van der Waals surface area contributed by atoms with E-state index in [1.807, 2.05) is 12.1 Å². The summed E-state index contributed by atoms with van der Waals surface area (Å²) >= 11 is 6.20. The number of nitrogens with two attached hydrogens (primary N) is 1. The number of morpholine rings is 1. The molecule has 1 aromatic rings. The van der Waals surface area contributed by atoms with Gasteiger partial charge in [0.15, 0.2) is 0 Å². The van der Waals surface area contributed by atoms with Gasteiger partial charge in [-0.05, 0) is 37.0 Å². The summed E-state index contributed by atoms with van der Waals surface area (Å²) in [7, 11) is 0. The number of halogens is 1. The number of hydrogen-bond donors (Lipinski definition) is 3. The normalized spacial score (nSPS) is 27.8. The van der Waals surface area contributed by atoms with Crippen molar-refractivity contribution in [3.05, 3.63) is 40.7 Å². The molecule has 22 heavy (non-hydrogen) atoms. The maximum atomic E-state index is 6.20. The van der Waals surface area contributed by atoms with E-state index in [1.54, 1.807) is 0 Å². The molecule has 5 heteroatoms. The standard InChI is InChI=1S/C17H24ClN3O/c1-2-3-4-14(18)17(19)21-12-7-5-11(6-8-12)16-15-9-13(22-16)10-20-15/h5-8,13,15-16,20-21H,2-4,9-10,19H2,1H3/b17-14-. The van der Waals surface area contributed by atoms with Crippen LogP contribution in [0.15, 0.2) is 35.1 Å². The molecule has 2 bridgehead atoms. The molecular formula is C17H24ClN3O. The molecule has 4 nitrogen and oxygen atoms in total. The minimum atomic E-state index is 0.175. The van der Waals surface area contributed by atoms with Gasteiger partial charge in [-0.25, -0.2) is 0 Å². The number of rotatable bonds is 6. The summed E-state index contributed by atoms with van der Waals surface area (Å²) in [5.74, 6) is 0.542. The van der Waals surface area contributed by atoms with Crippen LogP contribution in [0.2, 0.25) is 0 Å². The molecule has 120 valence electrons. The number of anilines is 1. The number of unbranched alkanes of at least 4 members (excludes halogenated alkanes) is 1. The fourth-order valence-electron chi connectivity index (χ4n) is 3.13. The van der Waals surface area contributed by atoms with E-state index in [1.165, 1.54) is 5.56 Å². The van der Waals surface area contributed by atoms with Gasteiger partial charge in [0.2, 0.25) is 0 Å². The molecule has 0 aliphatic carbocycles. The van der Waals surface area contributed by atoms with E-state index >= 15 is 0 Å². The lowest BCUT2D eigenvalue weighted by Crippen LogP contribution is -2.33. The second-order valence-electron chi connectivity index (χ2n) is 6.10. The monoisotopic (exact) mass is 321 g/mol. The van der Waals surface area contributed by atoms with Crippen molar-refractivity contribution in [3.8, 4) is 0 Å². The van der Waals surface area contributed by atoms with Gasteiger partial charge in [-0.15, -0.1) is 0 Å². The van der Waals surface area contributed by atoms with E-state index in [-0.39, 0.29) is 6.10 Å².